The van der Waals surface area contributed by atoms with Crippen LogP contribution in [0.15, 0.2) is 17.2 Å². The monoisotopic (exact) mass is 343 g/mol. The largest absolute Gasteiger partial charge is 0.479 e. The van der Waals surface area contributed by atoms with Gasteiger partial charge in [0.15, 0.2) is 12.4 Å². The highest BCUT2D eigenvalue weighted by Crippen LogP contribution is 2.33. The van der Waals surface area contributed by atoms with Crippen molar-refractivity contribution in [2.45, 2.75) is 6.42 Å². The molecule has 0 aliphatic heterocycles. The quantitative estimate of drug-likeness (QED) is 0.483. The molecule has 1 N–H and O–H groups in total. The fraction of sp³-hybridized carbons (Fsp3) is 0.231. The Balaban J connectivity index is 2.77. The van der Waals surface area contributed by atoms with E-state index in [9.17, 15) is 9.59 Å². The smallest absolute Gasteiger partial charge is 0.343 e. The molecule has 9 heteroatoms. The molecule has 0 aromatic heterocycles. The first-order chi connectivity index (χ1) is 10.5. The van der Waals surface area contributed by atoms with Gasteiger partial charge in [-0.1, -0.05) is 23.2 Å². The van der Waals surface area contributed by atoms with Crippen molar-refractivity contribution in [3.63, 3.8) is 0 Å². The standard InChI is InChI=1S/C13H11Cl2N3O4/c1-21-12(20)7-22-13-9(14)4-8(5-10(13)15)6-17-18-11(19)2-3-16/h4-6H,2,7H2,1H3,(H,18,19). The summed E-state index contributed by atoms with van der Waals surface area (Å²) in [5.74, 6) is -0.966. The Morgan fingerprint density at radius 1 is 1.41 bits per heavy atom. The minimum atomic E-state index is -0.571. The summed E-state index contributed by atoms with van der Waals surface area (Å²) in [4.78, 5) is 22.1. The zero-order chi connectivity index (χ0) is 16.5. The fourth-order valence-electron chi connectivity index (χ4n) is 1.27. The Kier molecular flexibility index (Phi) is 7.16. The Morgan fingerprint density at radius 3 is 2.59 bits per heavy atom. The van der Waals surface area contributed by atoms with Crippen molar-refractivity contribution in [2.75, 3.05) is 13.7 Å². The van der Waals surface area contributed by atoms with E-state index in [2.05, 4.69) is 15.3 Å². The highest BCUT2D eigenvalue weighted by atomic mass is 35.5. The molecule has 1 aromatic rings. The van der Waals surface area contributed by atoms with Gasteiger partial charge in [0.1, 0.15) is 6.42 Å². The van der Waals surface area contributed by atoms with Gasteiger partial charge in [0.25, 0.3) is 5.91 Å². The van der Waals surface area contributed by atoms with Crippen LogP contribution in [0.2, 0.25) is 10.0 Å². The predicted octanol–water partition coefficient (Wildman–Crippen LogP) is 1.91. The molecule has 0 fully saturated rings. The molecule has 1 rings (SSSR count). The highest BCUT2D eigenvalue weighted by Gasteiger charge is 2.11. The van der Waals surface area contributed by atoms with Crippen LogP contribution in [0.5, 0.6) is 5.75 Å². The van der Waals surface area contributed by atoms with Gasteiger partial charge in [0, 0.05) is 0 Å². The number of carbonyl (C=O) groups excluding carboxylic acids is 2. The van der Waals surface area contributed by atoms with E-state index >= 15 is 0 Å². The summed E-state index contributed by atoms with van der Waals surface area (Å²) in [6.07, 6.45) is 1.01. The summed E-state index contributed by atoms with van der Waals surface area (Å²) < 4.78 is 9.60. The average molecular weight is 344 g/mol. The maximum Gasteiger partial charge on any atom is 0.343 e. The van der Waals surface area contributed by atoms with Crippen molar-refractivity contribution < 1.29 is 19.1 Å². The van der Waals surface area contributed by atoms with E-state index in [1.54, 1.807) is 6.07 Å². The van der Waals surface area contributed by atoms with Crippen LogP contribution in [-0.4, -0.2) is 31.8 Å². The molecule has 0 atom stereocenters. The number of nitrogens with zero attached hydrogens (tertiary/aromatic N) is 2. The Morgan fingerprint density at radius 2 is 2.05 bits per heavy atom. The fourth-order valence-corrected chi connectivity index (χ4v) is 1.89. The Hall–Kier alpha value is -2.30. The van der Waals surface area contributed by atoms with E-state index < -0.39 is 11.9 Å². The predicted molar refractivity (Wildman–Crippen MR) is 79.9 cm³/mol. The number of hydrogen-bond donors (Lipinski definition) is 1. The molecule has 0 bridgehead atoms. The van der Waals surface area contributed by atoms with Crippen molar-refractivity contribution in [2.24, 2.45) is 5.10 Å². The molecule has 7 nitrogen and oxygen atoms in total. The van der Waals surface area contributed by atoms with Crippen molar-refractivity contribution in [3.8, 4) is 11.8 Å². The van der Waals surface area contributed by atoms with Gasteiger partial charge in [-0.3, -0.25) is 4.79 Å². The van der Waals surface area contributed by atoms with Crippen LogP contribution in [-0.2, 0) is 14.3 Å². The average Bonchev–Trinajstić information content (AvgIpc) is 2.46. The van der Waals surface area contributed by atoms with E-state index in [0.29, 0.717) is 5.56 Å². The minimum absolute atomic E-state index is 0.138. The second-order valence-corrected chi connectivity index (χ2v) is 4.62. The lowest BCUT2D eigenvalue weighted by atomic mass is 10.2. The van der Waals surface area contributed by atoms with Crippen LogP contribution >= 0.6 is 23.2 Å². The molecule has 116 valence electrons. The van der Waals surface area contributed by atoms with Gasteiger partial charge in [-0.05, 0) is 17.7 Å². The van der Waals surface area contributed by atoms with Crippen LogP contribution in [0.1, 0.15) is 12.0 Å². The third-order valence-electron chi connectivity index (χ3n) is 2.23. The summed E-state index contributed by atoms with van der Waals surface area (Å²) in [7, 11) is 1.23. The summed E-state index contributed by atoms with van der Waals surface area (Å²) >= 11 is 12.0. The first kappa shape index (κ1) is 17.8. The summed E-state index contributed by atoms with van der Waals surface area (Å²) in [5, 5.41) is 12.3. The lowest BCUT2D eigenvalue weighted by Gasteiger charge is -2.09. The number of rotatable bonds is 6. The van der Waals surface area contributed by atoms with E-state index in [4.69, 9.17) is 33.2 Å². The first-order valence-electron chi connectivity index (χ1n) is 5.85. The van der Waals surface area contributed by atoms with Gasteiger partial charge in [-0.15, -0.1) is 0 Å². The SMILES string of the molecule is COC(=O)COc1c(Cl)cc(C=NNC(=O)CC#N)cc1Cl. The van der Waals surface area contributed by atoms with Crippen molar-refractivity contribution in [1.82, 2.24) is 5.43 Å². The highest BCUT2D eigenvalue weighted by molar-refractivity contribution is 6.37. The molecule has 0 spiro atoms. The summed E-state index contributed by atoms with van der Waals surface area (Å²) in [6, 6.07) is 4.66. The summed E-state index contributed by atoms with van der Waals surface area (Å²) in [5.41, 5.74) is 2.66. The number of methoxy groups -OCH3 is 1. The molecule has 0 heterocycles. The lowest BCUT2D eigenvalue weighted by molar-refractivity contribution is -0.142. The Bertz CT molecular complexity index is 618. The molecule has 22 heavy (non-hydrogen) atoms. The molecule has 1 amide bonds. The number of benzene rings is 1. The lowest BCUT2D eigenvalue weighted by Crippen LogP contribution is -2.16. The topological polar surface area (TPSA) is 101 Å². The van der Waals surface area contributed by atoms with Crippen molar-refractivity contribution in [1.29, 1.82) is 5.26 Å². The maximum absolute atomic E-state index is 11.0. The van der Waals surface area contributed by atoms with Crippen LogP contribution < -0.4 is 10.2 Å². The van der Waals surface area contributed by atoms with E-state index in [1.165, 1.54) is 25.5 Å². The molecular formula is C13H11Cl2N3O4. The number of carbonyl (C=O) groups is 2. The van der Waals surface area contributed by atoms with Crippen LogP contribution in [0, 0.1) is 11.3 Å². The normalized spacial score (nSPS) is 10.1. The number of halogens is 2. The summed E-state index contributed by atoms with van der Waals surface area (Å²) in [6.45, 7) is -0.326. The third kappa shape index (κ3) is 5.60. The van der Waals surface area contributed by atoms with Crippen molar-refractivity contribution >= 4 is 41.3 Å². The molecule has 0 aliphatic carbocycles. The number of hydrazone groups is 1. The van der Waals surface area contributed by atoms with E-state index in [-0.39, 0.29) is 28.8 Å². The number of hydrogen-bond acceptors (Lipinski definition) is 6. The second-order valence-electron chi connectivity index (χ2n) is 3.81. The maximum atomic E-state index is 11.0. The van der Waals surface area contributed by atoms with Gasteiger partial charge in [-0.2, -0.15) is 10.4 Å². The molecular weight excluding hydrogens is 333 g/mol. The first-order valence-corrected chi connectivity index (χ1v) is 6.61. The molecule has 0 unspecified atom stereocenters. The third-order valence-corrected chi connectivity index (χ3v) is 2.79. The number of ether oxygens (including phenoxy) is 2. The number of amides is 1. The van der Waals surface area contributed by atoms with Gasteiger partial charge in [0.05, 0.1) is 29.4 Å². The second kappa shape index (κ2) is 8.87. The molecule has 0 aliphatic rings. The zero-order valence-corrected chi connectivity index (χ0v) is 12.9. The van der Waals surface area contributed by atoms with Gasteiger partial charge in [0.2, 0.25) is 0 Å². The van der Waals surface area contributed by atoms with Crippen molar-refractivity contribution in [3.05, 3.63) is 27.7 Å². The van der Waals surface area contributed by atoms with Gasteiger partial charge >= 0.3 is 5.97 Å². The minimum Gasteiger partial charge on any atom is -0.479 e. The molecule has 0 saturated carbocycles. The molecule has 0 saturated heterocycles. The molecule has 1 aromatic carbocycles. The van der Waals surface area contributed by atoms with Gasteiger partial charge in [-0.25, -0.2) is 10.2 Å². The number of esters is 1. The zero-order valence-electron chi connectivity index (χ0n) is 11.4. The van der Waals surface area contributed by atoms with Crippen LogP contribution in [0.4, 0.5) is 0 Å². The van der Waals surface area contributed by atoms with E-state index in [1.807, 2.05) is 0 Å². The number of nitriles is 1. The van der Waals surface area contributed by atoms with Crippen LogP contribution in [0.3, 0.4) is 0 Å². The van der Waals surface area contributed by atoms with Crippen LogP contribution in [0.25, 0.3) is 0 Å². The van der Waals surface area contributed by atoms with E-state index in [0.717, 1.165) is 0 Å². The molecule has 0 radical (unpaired) electrons. The van der Waals surface area contributed by atoms with Gasteiger partial charge < -0.3 is 9.47 Å². The number of nitrogens with one attached hydrogen (secondary N) is 1. The Labute approximate surface area is 136 Å².